The van der Waals surface area contributed by atoms with Gasteiger partial charge >= 0.3 is 0 Å². The van der Waals surface area contributed by atoms with Crippen LogP contribution in [0.1, 0.15) is 21.4 Å². The zero-order valence-corrected chi connectivity index (χ0v) is 15.1. The molecule has 2 aromatic rings. The predicted molar refractivity (Wildman–Crippen MR) is 86.3 cm³/mol. The molecule has 0 bridgehead atoms. The Morgan fingerprint density at radius 3 is 2.12 bits per heavy atom. The van der Waals surface area contributed by atoms with E-state index in [-0.39, 0.29) is 5.38 Å². The van der Waals surface area contributed by atoms with Crippen LogP contribution < -0.4 is 0 Å². The SMILES string of the molecule is Cc1sc(Br)cc1C(Cl)c1cc(Br)cc(Br)c1. The van der Waals surface area contributed by atoms with E-state index in [1.165, 1.54) is 4.88 Å². The van der Waals surface area contributed by atoms with Gasteiger partial charge in [0.15, 0.2) is 0 Å². The van der Waals surface area contributed by atoms with Gasteiger partial charge in [0.1, 0.15) is 0 Å². The highest BCUT2D eigenvalue weighted by atomic mass is 79.9. The largest absolute Gasteiger partial charge is 0.133 e. The molecule has 0 amide bonds. The highest BCUT2D eigenvalue weighted by Crippen LogP contribution is 2.38. The molecule has 1 aromatic heterocycles. The molecule has 1 aromatic carbocycles. The molecule has 0 saturated heterocycles. The fraction of sp³-hybridized carbons (Fsp3) is 0.167. The van der Waals surface area contributed by atoms with E-state index in [2.05, 4.69) is 60.8 Å². The van der Waals surface area contributed by atoms with Crippen LogP contribution in [0.25, 0.3) is 0 Å². The van der Waals surface area contributed by atoms with E-state index in [1.807, 2.05) is 18.2 Å². The molecule has 0 nitrogen and oxygen atoms in total. The van der Waals surface area contributed by atoms with Crippen molar-refractivity contribution in [3.05, 3.63) is 53.0 Å². The summed E-state index contributed by atoms with van der Waals surface area (Å²) >= 11 is 18.7. The van der Waals surface area contributed by atoms with Crippen LogP contribution in [0.15, 0.2) is 37.0 Å². The molecule has 1 heterocycles. The molecule has 0 radical (unpaired) electrons. The molecule has 0 saturated carbocycles. The number of alkyl halides is 1. The second-order valence-electron chi connectivity index (χ2n) is 3.63. The highest BCUT2D eigenvalue weighted by molar-refractivity contribution is 9.11. The van der Waals surface area contributed by atoms with Crippen molar-refractivity contribution < 1.29 is 0 Å². The van der Waals surface area contributed by atoms with Crippen LogP contribution in [0.4, 0.5) is 0 Å². The molecular formula is C12H8Br3ClS. The maximum absolute atomic E-state index is 6.54. The number of benzene rings is 1. The summed E-state index contributed by atoms with van der Waals surface area (Å²) in [5.41, 5.74) is 2.25. The Balaban J connectivity index is 2.43. The second kappa shape index (κ2) is 5.74. The molecule has 5 heteroatoms. The minimum Gasteiger partial charge on any atom is -0.133 e. The van der Waals surface area contributed by atoms with Crippen molar-refractivity contribution in [2.45, 2.75) is 12.3 Å². The summed E-state index contributed by atoms with van der Waals surface area (Å²) in [6.07, 6.45) is 0. The Morgan fingerprint density at radius 2 is 1.65 bits per heavy atom. The van der Waals surface area contributed by atoms with Crippen LogP contribution >= 0.6 is 70.7 Å². The molecule has 0 aliphatic rings. The summed E-state index contributed by atoms with van der Waals surface area (Å²) in [5.74, 6) is 0. The van der Waals surface area contributed by atoms with Crippen molar-refractivity contribution in [3.63, 3.8) is 0 Å². The summed E-state index contributed by atoms with van der Waals surface area (Å²) in [5, 5.41) is -0.119. The number of thiophene rings is 1. The van der Waals surface area contributed by atoms with Gasteiger partial charge in [-0.05, 0) is 58.2 Å². The average molecular weight is 459 g/mol. The first-order valence-electron chi connectivity index (χ1n) is 4.83. The van der Waals surface area contributed by atoms with Crippen molar-refractivity contribution in [3.8, 4) is 0 Å². The number of halogens is 4. The van der Waals surface area contributed by atoms with Gasteiger partial charge in [0, 0.05) is 13.8 Å². The molecule has 0 spiro atoms. The smallest absolute Gasteiger partial charge is 0.0847 e. The van der Waals surface area contributed by atoms with Crippen molar-refractivity contribution in [1.82, 2.24) is 0 Å². The van der Waals surface area contributed by atoms with E-state index >= 15 is 0 Å². The Hall–Kier alpha value is 0.650. The van der Waals surface area contributed by atoms with Crippen LogP contribution in [0, 0.1) is 6.92 Å². The minimum absolute atomic E-state index is 0.119. The predicted octanol–water partition coefficient (Wildman–Crippen LogP) is 6.67. The third kappa shape index (κ3) is 3.35. The Morgan fingerprint density at radius 1 is 1.06 bits per heavy atom. The lowest BCUT2D eigenvalue weighted by atomic mass is 10.1. The minimum atomic E-state index is -0.119. The Kier molecular flexibility index (Phi) is 4.75. The third-order valence-corrected chi connectivity index (χ3v) is 5.35. The standard InChI is InChI=1S/C12H8Br3ClS/c1-6-10(5-11(15)17-6)12(16)7-2-8(13)4-9(14)3-7/h2-5,12H,1H3. The number of hydrogen-bond acceptors (Lipinski definition) is 1. The fourth-order valence-corrected chi connectivity index (χ4v) is 5.11. The summed E-state index contributed by atoms with van der Waals surface area (Å²) in [6.45, 7) is 2.09. The molecule has 2 rings (SSSR count). The number of aryl methyl sites for hydroxylation is 1. The van der Waals surface area contributed by atoms with Gasteiger partial charge in [0.25, 0.3) is 0 Å². The Labute approximate surface area is 135 Å². The lowest BCUT2D eigenvalue weighted by Gasteiger charge is -2.11. The molecule has 0 fully saturated rings. The molecule has 1 unspecified atom stereocenters. The van der Waals surface area contributed by atoms with E-state index in [4.69, 9.17) is 11.6 Å². The van der Waals surface area contributed by atoms with Gasteiger partial charge in [-0.1, -0.05) is 31.9 Å². The molecule has 17 heavy (non-hydrogen) atoms. The number of rotatable bonds is 2. The summed E-state index contributed by atoms with van der Waals surface area (Å²) in [6, 6.07) is 8.19. The molecule has 1 atom stereocenters. The summed E-state index contributed by atoms with van der Waals surface area (Å²) in [4.78, 5) is 1.24. The van der Waals surface area contributed by atoms with Crippen molar-refractivity contribution >= 4 is 70.7 Å². The maximum Gasteiger partial charge on any atom is 0.0847 e. The van der Waals surface area contributed by atoms with E-state index in [1.54, 1.807) is 11.3 Å². The van der Waals surface area contributed by atoms with Gasteiger partial charge in [-0.25, -0.2) is 0 Å². The lowest BCUT2D eigenvalue weighted by molar-refractivity contribution is 1.13. The first-order chi connectivity index (χ1) is 7.97. The zero-order chi connectivity index (χ0) is 12.6. The maximum atomic E-state index is 6.54. The normalized spacial score (nSPS) is 12.8. The number of hydrogen-bond donors (Lipinski definition) is 0. The van der Waals surface area contributed by atoms with E-state index in [9.17, 15) is 0 Å². The van der Waals surface area contributed by atoms with Crippen LogP contribution in [-0.4, -0.2) is 0 Å². The van der Waals surface area contributed by atoms with Crippen LogP contribution in [0.2, 0.25) is 0 Å². The van der Waals surface area contributed by atoms with Crippen LogP contribution in [-0.2, 0) is 0 Å². The van der Waals surface area contributed by atoms with Gasteiger partial charge in [-0.2, -0.15) is 0 Å². The summed E-state index contributed by atoms with van der Waals surface area (Å²) < 4.78 is 3.17. The lowest BCUT2D eigenvalue weighted by Crippen LogP contribution is -1.93. The van der Waals surface area contributed by atoms with Gasteiger partial charge in [-0.15, -0.1) is 22.9 Å². The van der Waals surface area contributed by atoms with Gasteiger partial charge in [0.05, 0.1) is 9.16 Å². The van der Waals surface area contributed by atoms with Crippen molar-refractivity contribution in [1.29, 1.82) is 0 Å². The second-order valence-corrected chi connectivity index (χ2v) is 8.53. The molecule has 90 valence electrons. The van der Waals surface area contributed by atoms with Gasteiger partial charge in [-0.3, -0.25) is 0 Å². The zero-order valence-electron chi connectivity index (χ0n) is 8.81. The van der Waals surface area contributed by atoms with Gasteiger partial charge in [0.2, 0.25) is 0 Å². The quantitative estimate of drug-likeness (QED) is 0.440. The van der Waals surface area contributed by atoms with Crippen molar-refractivity contribution in [2.75, 3.05) is 0 Å². The molecule has 0 aliphatic heterocycles. The monoisotopic (exact) mass is 456 g/mol. The first-order valence-corrected chi connectivity index (χ1v) is 8.46. The van der Waals surface area contributed by atoms with Crippen LogP contribution in [0.5, 0.6) is 0 Å². The van der Waals surface area contributed by atoms with Crippen molar-refractivity contribution in [2.24, 2.45) is 0 Å². The third-order valence-electron chi connectivity index (χ3n) is 2.38. The van der Waals surface area contributed by atoms with E-state index in [0.717, 1.165) is 23.9 Å². The van der Waals surface area contributed by atoms with Crippen LogP contribution in [0.3, 0.4) is 0 Å². The topological polar surface area (TPSA) is 0 Å². The molecule has 0 aliphatic carbocycles. The van der Waals surface area contributed by atoms with E-state index < -0.39 is 0 Å². The van der Waals surface area contributed by atoms with E-state index in [0.29, 0.717) is 0 Å². The average Bonchev–Trinajstić information content (AvgIpc) is 2.55. The van der Waals surface area contributed by atoms with Gasteiger partial charge < -0.3 is 0 Å². The molecule has 0 N–H and O–H groups in total. The molecular weight excluding hydrogens is 451 g/mol. The fourth-order valence-electron chi connectivity index (χ4n) is 1.61. The summed E-state index contributed by atoms with van der Waals surface area (Å²) in [7, 11) is 0. The Bertz CT molecular complexity index is 530. The highest BCUT2D eigenvalue weighted by Gasteiger charge is 2.16. The first kappa shape index (κ1) is 14.1.